The zero-order valence-electron chi connectivity index (χ0n) is 7.16. The van der Waals surface area contributed by atoms with E-state index >= 15 is 0 Å². The maximum atomic E-state index is 10.6. The highest BCUT2D eigenvalue weighted by molar-refractivity contribution is 6.58. The Balaban J connectivity index is 0.000000252. The summed E-state index contributed by atoms with van der Waals surface area (Å²) in [6, 6.07) is 0. The van der Waals surface area contributed by atoms with Crippen molar-refractivity contribution in [2.75, 3.05) is 6.54 Å². The number of carbonyl (C=O) groups is 1. The maximum absolute atomic E-state index is 10.6. The zero-order chi connectivity index (χ0) is 10.1. The predicted octanol–water partition coefficient (Wildman–Crippen LogP) is 3.18. The van der Waals surface area contributed by atoms with Crippen molar-refractivity contribution in [3.05, 3.63) is 10.0 Å². The molecule has 13 heavy (non-hydrogen) atoms. The Hall–Kier alpha value is 0.0800. The molecule has 1 saturated heterocycles. The molecule has 1 rings (SSSR count). The summed E-state index contributed by atoms with van der Waals surface area (Å²) in [6.07, 6.45) is 4.18. The lowest BCUT2D eigenvalue weighted by Gasteiger charge is -1.93. The van der Waals surface area contributed by atoms with Crippen LogP contribution in [0.4, 0.5) is 0 Å². The van der Waals surface area contributed by atoms with E-state index in [2.05, 4.69) is 5.32 Å². The van der Waals surface area contributed by atoms with Crippen molar-refractivity contribution in [3.8, 4) is 0 Å². The molecule has 0 aromatic carbocycles. The van der Waals surface area contributed by atoms with E-state index in [0.29, 0.717) is 0 Å². The van der Waals surface area contributed by atoms with Crippen LogP contribution in [0.3, 0.4) is 0 Å². The van der Waals surface area contributed by atoms with Crippen molar-refractivity contribution >= 4 is 40.7 Å². The van der Waals surface area contributed by atoms with Gasteiger partial charge < -0.3 is 5.32 Å². The summed E-state index contributed by atoms with van der Waals surface area (Å²) < 4.78 is 0.0895. The van der Waals surface area contributed by atoms with Crippen LogP contribution in [0.2, 0.25) is 0 Å². The van der Waals surface area contributed by atoms with Crippen LogP contribution < -0.4 is 5.32 Å². The van der Waals surface area contributed by atoms with Crippen LogP contribution in [0, 0.1) is 0 Å². The number of hydrogen-bond donors (Lipinski definition) is 1. The van der Waals surface area contributed by atoms with Crippen molar-refractivity contribution in [1.29, 1.82) is 0 Å². The van der Waals surface area contributed by atoms with Gasteiger partial charge in [-0.25, -0.2) is 0 Å². The van der Waals surface area contributed by atoms with Crippen LogP contribution >= 0.6 is 34.8 Å². The molecule has 1 heterocycles. The smallest absolute Gasteiger partial charge is 0.219 e. The molecule has 2 nitrogen and oxygen atoms in total. The van der Waals surface area contributed by atoms with E-state index < -0.39 is 0 Å². The second-order valence-corrected chi connectivity index (χ2v) is 3.79. The average molecular weight is 245 g/mol. The molecule has 5 heteroatoms. The van der Waals surface area contributed by atoms with Gasteiger partial charge in [0.1, 0.15) is 4.49 Å². The fraction of sp³-hybridized carbons (Fsp3) is 0.625. The van der Waals surface area contributed by atoms with E-state index in [1.807, 2.05) is 0 Å². The van der Waals surface area contributed by atoms with Crippen LogP contribution in [0.15, 0.2) is 10.0 Å². The molecule has 0 unspecified atom stereocenters. The Bertz CT molecular complexity index is 168. The molecule has 0 aromatic rings. The summed E-state index contributed by atoms with van der Waals surface area (Å²) in [5.74, 6) is 0.225. The van der Waals surface area contributed by atoms with Gasteiger partial charge in [0.2, 0.25) is 5.91 Å². The second-order valence-electron chi connectivity index (χ2n) is 2.56. The molecule has 1 aliphatic rings. The van der Waals surface area contributed by atoms with Gasteiger partial charge in [0.15, 0.2) is 0 Å². The largest absolute Gasteiger partial charge is 0.356 e. The SMILES string of the molecule is ClC=C(Cl)Cl.O=C1CCCCCN1. The van der Waals surface area contributed by atoms with Gasteiger partial charge >= 0.3 is 0 Å². The summed E-state index contributed by atoms with van der Waals surface area (Å²) in [6.45, 7) is 0.888. The summed E-state index contributed by atoms with van der Waals surface area (Å²) in [5.41, 5.74) is 1.09. The molecule has 1 aliphatic heterocycles. The predicted molar refractivity (Wildman–Crippen MR) is 57.1 cm³/mol. The highest BCUT2D eigenvalue weighted by atomic mass is 35.5. The van der Waals surface area contributed by atoms with Crippen molar-refractivity contribution in [2.24, 2.45) is 0 Å². The van der Waals surface area contributed by atoms with Crippen molar-refractivity contribution in [3.63, 3.8) is 0 Å². The minimum Gasteiger partial charge on any atom is -0.356 e. The Labute approximate surface area is 93.2 Å². The van der Waals surface area contributed by atoms with Gasteiger partial charge in [0.25, 0.3) is 0 Å². The molecule has 0 bridgehead atoms. The highest BCUT2D eigenvalue weighted by Crippen LogP contribution is 2.06. The standard InChI is InChI=1S/C6H11NO.C2HCl3/c8-6-4-2-1-3-5-7-6;3-1-2(4)5/h1-5H2,(H,7,8);1H. The highest BCUT2D eigenvalue weighted by Gasteiger charge is 2.03. The molecule has 0 saturated carbocycles. The van der Waals surface area contributed by atoms with Crippen LogP contribution in [-0.2, 0) is 4.79 Å². The number of nitrogens with one attached hydrogen (secondary N) is 1. The third-order valence-corrected chi connectivity index (χ3v) is 2.15. The molecule has 0 spiro atoms. The van der Waals surface area contributed by atoms with Gasteiger partial charge in [0, 0.05) is 18.5 Å². The third-order valence-electron chi connectivity index (χ3n) is 1.49. The first kappa shape index (κ1) is 13.1. The Morgan fingerprint density at radius 1 is 1.31 bits per heavy atom. The Kier molecular flexibility index (Phi) is 8.72. The lowest BCUT2D eigenvalue weighted by Crippen LogP contribution is -2.21. The maximum Gasteiger partial charge on any atom is 0.219 e. The summed E-state index contributed by atoms with van der Waals surface area (Å²) >= 11 is 14.8. The van der Waals surface area contributed by atoms with Crippen molar-refractivity contribution < 1.29 is 4.79 Å². The van der Waals surface area contributed by atoms with Gasteiger partial charge in [-0.15, -0.1) is 0 Å². The molecule has 1 fully saturated rings. The first-order valence-electron chi connectivity index (χ1n) is 4.05. The lowest BCUT2D eigenvalue weighted by atomic mass is 10.2. The molecule has 76 valence electrons. The normalized spacial score (nSPS) is 16.1. The van der Waals surface area contributed by atoms with Gasteiger partial charge in [-0.2, -0.15) is 0 Å². The molecular formula is C8H12Cl3NO. The van der Waals surface area contributed by atoms with Gasteiger partial charge in [-0.3, -0.25) is 4.79 Å². The first-order chi connectivity index (χ1) is 6.16. The minimum atomic E-state index is 0.0895. The van der Waals surface area contributed by atoms with Crippen molar-refractivity contribution in [2.45, 2.75) is 25.7 Å². The first-order valence-corrected chi connectivity index (χ1v) is 5.24. The minimum absolute atomic E-state index is 0.0895. The Morgan fingerprint density at radius 3 is 2.46 bits per heavy atom. The number of carbonyl (C=O) groups excluding carboxylic acids is 1. The summed E-state index contributed by atoms with van der Waals surface area (Å²) in [5, 5.41) is 2.81. The summed E-state index contributed by atoms with van der Waals surface area (Å²) in [4.78, 5) is 10.6. The average Bonchev–Trinajstić information content (AvgIpc) is 2.33. The van der Waals surface area contributed by atoms with E-state index in [1.54, 1.807) is 0 Å². The Morgan fingerprint density at radius 2 is 1.92 bits per heavy atom. The van der Waals surface area contributed by atoms with Gasteiger partial charge in [0.05, 0.1) is 0 Å². The number of halogens is 3. The van der Waals surface area contributed by atoms with E-state index in [1.165, 1.54) is 6.42 Å². The molecule has 1 amide bonds. The van der Waals surface area contributed by atoms with E-state index in [-0.39, 0.29) is 10.4 Å². The fourth-order valence-electron chi connectivity index (χ4n) is 0.904. The molecule has 0 atom stereocenters. The fourth-order valence-corrected chi connectivity index (χ4v) is 0.904. The topological polar surface area (TPSA) is 29.1 Å². The molecule has 1 N–H and O–H groups in total. The second kappa shape index (κ2) is 8.67. The number of hydrogen-bond acceptors (Lipinski definition) is 1. The molecule has 0 aromatic heterocycles. The van der Waals surface area contributed by atoms with E-state index in [0.717, 1.165) is 31.3 Å². The van der Waals surface area contributed by atoms with Crippen molar-refractivity contribution in [1.82, 2.24) is 5.32 Å². The quantitative estimate of drug-likeness (QED) is 0.697. The molecular weight excluding hydrogens is 232 g/mol. The van der Waals surface area contributed by atoms with Crippen LogP contribution in [0.25, 0.3) is 0 Å². The lowest BCUT2D eigenvalue weighted by molar-refractivity contribution is -0.120. The monoisotopic (exact) mass is 243 g/mol. The van der Waals surface area contributed by atoms with Crippen LogP contribution in [0.1, 0.15) is 25.7 Å². The number of rotatable bonds is 0. The molecule has 0 aliphatic carbocycles. The van der Waals surface area contributed by atoms with E-state index in [4.69, 9.17) is 34.8 Å². The van der Waals surface area contributed by atoms with Crippen LogP contribution in [-0.4, -0.2) is 12.5 Å². The van der Waals surface area contributed by atoms with Gasteiger partial charge in [-0.05, 0) is 12.8 Å². The van der Waals surface area contributed by atoms with Gasteiger partial charge in [-0.1, -0.05) is 41.2 Å². The third kappa shape index (κ3) is 10.00. The molecule has 0 radical (unpaired) electrons. The van der Waals surface area contributed by atoms with Crippen LogP contribution in [0.5, 0.6) is 0 Å². The zero-order valence-corrected chi connectivity index (χ0v) is 9.42. The summed E-state index contributed by atoms with van der Waals surface area (Å²) in [7, 11) is 0. The van der Waals surface area contributed by atoms with E-state index in [9.17, 15) is 4.79 Å². The number of amides is 1.